The normalized spacial score (nSPS) is 14.3. The quantitative estimate of drug-likeness (QED) is 0.441. The number of nitrogens with two attached hydrogens (primary N) is 1. The van der Waals surface area contributed by atoms with Gasteiger partial charge in [-0.1, -0.05) is 12.1 Å². The van der Waals surface area contributed by atoms with Crippen LogP contribution in [0.3, 0.4) is 0 Å². The van der Waals surface area contributed by atoms with E-state index in [-0.39, 0.29) is 17.8 Å². The van der Waals surface area contributed by atoms with Crippen LogP contribution in [0.15, 0.2) is 35.1 Å². The third kappa shape index (κ3) is 4.94. The zero-order valence-electron chi connectivity index (χ0n) is 16.0. The number of anilines is 3. The summed E-state index contributed by atoms with van der Waals surface area (Å²) in [6.45, 7) is 3.46. The molecule has 0 aliphatic carbocycles. The summed E-state index contributed by atoms with van der Waals surface area (Å²) in [6, 6.07) is 7.08. The van der Waals surface area contributed by atoms with Crippen molar-refractivity contribution in [3.05, 3.63) is 40.6 Å². The van der Waals surface area contributed by atoms with Crippen molar-refractivity contribution < 1.29 is 14.3 Å². The number of halogens is 1. The molecule has 4 N–H and O–H groups in total. The molecule has 0 saturated carbocycles. The van der Waals surface area contributed by atoms with E-state index in [0.29, 0.717) is 59.9 Å². The van der Waals surface area contributed by atoms with Crippen molar-refractivity contribution in [3.8, 4) is 0 Å². The Morgan fingerprint density at radius 2 is 2.00 bits per heavy atom. The molecule has 154 valence electrons. The molecule has 29 heavy (non-hydrogen) atoms. The summed E-state index contributed by atoms with van der Waals surface area (Å²) in [5.74, 6) is 0.297. The monoisotopic (exact) mass is 462 g/mol. The van der Waals surface area contributed by atoms with Crippen molar-refractivity contribution in [2.75, 3.05) is 35.8 Å². The van der Waals surface area contributed by atoms with E-state index in [1.165, 1.54) is 6.33 Å². The van der Waals surface area contributed by atoms with Crippen molar-refractivity contribution in [2.45, 2.75) is 19.8 Å². The molecular weight excluding hydrogens is 440 g/mol. The number of carbonyl (C=O) groups excluding carboxylic acids is 2. The molecular formula is C19H23BrN6O3. The lowest BCUT2D eigenvalue weighted by atomic mass is 9.97. The van der Waals surface area contributed by atoms with Gasteiger partial charge in [-0.2, -0.15) is 0 Å². The number of piperidine rings is 1. The van der Waals surface area contributed by atoms with E-state index in [9.17, 15) is 9.59 Å². The number of benzene rings is 1. The second-order valence-electron chi connectivity index (χ2n) is 6.53. The van der Waals surface area contributed by atoms with Crippen LogP contribution < -0.4 is 21.5 Å². The number of nitrogens with one attached hydrogen (secondary N) is 2. The van der Waals surface area contributed by atoms with Crippen molar-refractivity contribution in [2.24, 2.45) is 5.92 Å². The highest BCUT2D eigenvalue weighted by molar-refractivity contribution is 9.10. The number of nitrogens with zero attached hydrogens (tertiary/aromatic N) is 3. The summed E-state index contributed by atoms with van der Waals surface area (Å²) >= 11 is 3.35. The number of hydrogen-bond acceptors (Lipinski definition) is 8. The fourth-order valence-corrected chi connectivity index (χ4v) is 3.62. The number of carbonyl (C=O) groups is 2. The van der Waals surface area contributed by atoms with E-state index in [1.54, 1.807) is 25.1 Å². The molecule has 2 heterocycles. The topological polar surface area (TPSA) is 122 Å². The number of esters is 1. The molecule has 1 saturated heterocycles. The minimum atomic E-state index is -0.327. The van der Waals surface area contributed by atoms with Gasteiger partial charge in [0, 0.05) is 17.6 Å². The molecule has 1 aliphatic rings. The van der Waals surface area contributed by atoms with Gasteiger partial charge in [-0.15, -0.1) is 0 Å². The van der Waals surface area contributed by atoms with Crippen LogP contribution in [0, 0.1) is 5.92 Å². The Bertz CT molecular complexity index is 886. The van der Waals surface area contributed by atoms with Gasteiger partial charge in [0.05, 0.1) is 18.1 Å². The first-order chi connectivity index (χ1) is 14.0. The Balaban J connectivity index is 1.64. The third-order valence-corrected chi connectivity index (χ3v) is 5.38. The van der Waals surface area contributed by atoms with Crippen LogP contribution in [-0.4, -0.2) is 41.5 Å². The highest BCUT2D eigenvalue weighted by atomic mass is 79.9. The Kier molecular flexibility index (Phi) is 6.86. The fourth-order valence-electron chi connectivity index (χ4n) is 3.15. The van der Waals surface area contributed by atoms with Crippen molar-refractivity contribution in [1.82, 2.24) is 15.4 Å². The minimum absolute atomic E-state index is 0.101. The van der Waals surface area contributed by atoms with Crippen LogP contribution >= 0.6 is 15.9 Å². The van der Waals surface area contributed by atoms with Crippen LogP contribution in [0.5, 0.6) is 0 Å². The SMILES string of the molecule is CCOC(=O)C1CCN(c2ncnc(NNC(=O)c3ccccc3Br)c2N)CC1. The van der Waals surface area contributed by atoms with E-state index < -0.39 is 0 Å². The predicted octanol–water partition coefficient (Wildman–Crippen LogP) is 2.36. The number of rotatable bonds is 6. The summed E-state index contributed by atoms with van der Waals surface area (Å²) < 4.78 is 5.78. The van der Waals surface area contributed by atoms with Gasteiger partial charge >= 0.3 is 5.97 Å². The van der Waals surface area contributed by atoms with Crippen LogP contribution in [-0.2, 0) is 9.53 Å². The van der Waals surface area contributed by atoms with Crippen LogP contribution in [0.4, 0.5) is 17.3 Å². The van der Waals surface area contributed by atoms with Crippen LogP contribution in [0.1, 0.15) is 30.1 Å². The Labute approximate surface area is 177 Å². The van der Waals surface area contributed by atoms with E-state index in [4.69, 9.17) is 10.5 Å². The van der Waals surface area contributed by atoms with E-state index in [0.717, 1.165) is 0 Å². The number of hydrogen-bond donors (Lipinski definition) is 3. The zero-order chi connectivity index (χ0) is 20.8. The minimum Gasteiger partial charge on any atom is -0.466 e. The molecule has 1 fully saturated rings. The maximum atomic E-state index is 12.3. The average molecular weight is 463 g/mol. The summed E-state index contributed by atoms with van der Waals surface area (Å²) in [5.41, 5.74) is 12.4. The van der Waals surface area contributed by atoms with Crippen molar-refractivity contribution in [3.63, 3.8) is 0 Å². The summed E-state index contributed by atoms with van der Waals surface area (Å²) in [6.07, 6.45) is 2.73. The Hall–Kier alpha value is -2.88. The summed E-state index contributed by atoms with van der Waals surface area (Å²) in [7, 11) is 0. The lowest BCUT2D eigenvalue weighted by molar-refractivity contribution is -0.148. The summed E-state index contributed by atoms with van der Waals surface area (Å²) in [5, 5.41) is 0. The number of nitrogen functional groups attached to an aromatic ring is 1. The van der Waals surface area contributed by atoms with Crippen LogP contribution in [0.2, 0.25) is 0 Å². The van der Waals surface area contributed by atoms with E-state index in [1.807, 2.05) is 11.0 Å². The van der Waals surface area contributed by atoms with Gasteiger partial charge in [0.15, 0.2) is 11.6 Å². The zero-order valence-corrected chi connectivity index (χ0v) is 17.6. The van der Waals surface area contributed by atoms with Gasteiger partial charge in [-0.25, -0.2) is 9.97 Å². The Morgan fingerprint density at radius 3 is 2.69 bits per heavy atom. The molecule has 0 atom stereocenters. The molecule has 0 bridgehead atoms. The van der Waals surface area contributed by atoms with Gasteiger partial charge in [0.25, 0.3) is 5.91 Å². The molecule has 0 spiro atoms. The van der Waals surface area contributed by atoms with Crippen molar-refractivity contribution in [1.29, 1.82) is 0 Å². The lowest BCUT2D eigenvalue weighted by Gasteiger charge is -2.32. The average Bonchev–Trinajstić information content (AvgIpc) is 2.73. The number of hydrazine groups is 1. The summed E-state index contributed by atoms with van der Waals surface area (Å²) in [4.78, 5) is 34.7. The molecule has 0 unspecified atom stereocenters. The number of amides is 1. The highest BCUT2D eigenvalue weighted by Gasteiger charge is 2.28. The molecule has 10 heteroatoms. The lowest BCUT2D eigenvalue weighted by Crippen LogP contribution is -2.38. The maximum Gasteiger partial charge on any atom is 0.309 e. The second kappa shape index (κ2) is 9.55. The second-order valence-corrected chi connectivity index (χ2v) is 7.39. The molecule has 1 aromatic heterocycles. The van der Waals surface area contributed by atoms with Gasteiger partial charge in [-0.3, -0.25) is 20.4 Å². The first kappa shape index (κ1) is 20.8. The molecule has 3 rings (SSSR count). The van der Waals surface area contributed by atoms with E-state index >= 15 is 0 Å². The molecule has 0 radical (unpaired) electrons. The van der Waals surface area contributed by atoms with Gasteiger partial charge < -0.3 is 15.4 Å². The van der Waals surface area contributed by atoms with Gasteiger partial charge in [0.2, 0.25) is 0 Å². The fraction of sp³-hybridized carbons (Fsp3) is 0.368. The molecule has 1 aliphatic heterocycles. The number of aromatic nitrogens is 2. The molecule has 1 amide bonds. The smallest absolute Gasteiger partial charge is 0.309 e. The van der Waals surface area contributed by atoms with E-state index in [2.05, 4.69) is 36.7 Å². The Morgan fingerprint density at radius 1 is 1.28 bits per heavy atom. The third-order valence-electron chi connectivity index (χ3n) is 4.69. The maximum absolute atomic E-state index is 12.3. The largest absolute Gasteiger partial charge is 0.466 e. The van der Waals surface area contributed by atoms with Crippen LogP contribution in [0.25, 0.3) is 0 Å². The number of ether oxygens (including phenoxy) is 1. The molecule has 2 aromatic rings. The molecule has 9 nitrogen and oxygen atoms in total. The first-order valence-corrected chi connectivity index (χ1v) is 10.1. The van der Waals surface area contributed by atoms with Crippen molar-refractivity contribution >= 4 is 45.1 Å². The highest BCUT2D eigenvalue weighted by Crippen LogP contribution is 2.29. The van der Waals surface area contributed by atoms with Gasteiger partial charge in [0.1, 0.15) is 12.0 Å². The standard InChI is InChI=1S/C19H23BrN6O3/c1-2-29-19(28)12-7-9-26(10-8-12)17-15(21)16(22-11-23-17)24-25-18(27)13-5-3-4-6-14(13)20/h3-6,11-12H,2,7-10,21H2,1H3,(H,25,27)(H,22,23,24). The van der Waals surface area contributed by atoms with Gasteiger partial charge in [-0.05, 0) is 47.8 Å². The molecule has 1 aromatic carbocycles. The first-order valence-electron chi connectivity index (χ1n) is 9.34. The predicted molar refractivity (Wildman–Crippen MR) is 113 cm³/mol.